The highest BCUT2D eigenvalue weighted by atomic mass is 14.5. The molecule has 2 rings (SSSR count). The Hall–Kier alpha value is -1.30. The standard InChI is InChI=1S/C18H24/c1-5-13-18(16-11-7-6-8-12-16)14-9-10-15(2)17(18,3)4/h6-12,14H,5,13H2,1-4H3. The highest BCUT2D eigenvalue weighted by Crippen LogP contribution is 2.52. The Morgan fingerprint density at radius 3 is 2.33 bits per heavy atom. The fourth-order valence-electron chi connectivity index (χ4n) is 3.25. The normalized spacial score (nSPS) is 25.9. The first-order valence-corrected chi connectivity index (χ1v) is 6.97. The van der Waals surface area contributed by atoms with Crippen molar-refractivity contribution in [3.8, 4) is 0 Å². The van der Waals surface area contributed by atoms with Crippen molar-refractivity contribution < 1.29 is 0 Å². The zero-order valence-electron chi connectivity index (χ0n) is 12.0. The lowest BCUT2D eigenvalue weighted by Crippen LogP contribution is -2.42. The Bertz CT molecular complexity index is 462. The van der Waals surface area contributed by atoms with Crippen LogP contribution in [0.1, 0.15) is 46.1 Å². The predicted molar refractivity (Wildman–Crippen MR) is 79.7 cm³/mol. The Morgan fingerprint density at radius 2 is 1.72 bits per heavy atom. The molecule has 1 aromatic carbocycles. The van der Waals surface area contributed by atoms with Gasteiger partial charge in [-0.3, -0.25) is 0 Å². The van der Waals surface area contributed by atoms with Gasteiger partial charge in [-0.25, -0.2) is 0 Å². The number of allylic oxidation sites excluding steroid dienone is 4. The first-order chi connectivity index (χ1) is 8.54. The van der Waals surface area contributed by atoms with E-state index in [1.165, 1.54) is 24.0 Å². The van der Waals surface area contributed by atoms with E-state index < -0.39 is 0 Å². The van der Waals surface area contributed by atoms with Gasteiger partial charge in [-0.05, 0) is 24.3 Å². The van der Waals surface area contributed by atoms with Gasteiger partial charge in [0, 0.05) is 5.41 Å². The lowest BCUT2D eigenvalue weighted by molar-refractivity contribution is 0.238. The van der Waals surface area contributed by atoms with Crippen LogP contribution in [0.25, 0.3) is 0 Å². The lowest BCUT2D eigenvalue weighted by Gasteiger charge is -2.48. The van der Waals surface area contributed by atoms with Crippen LogP contribution in [0.3, 0.4) is 0 Å². The van der Waals surface area contributed by atoms with E-state index in [1.54, 1.807) is 0 Å². The minimum Gasteiger partial charge on any atom is -0.0731 e. The second kappa shape index (κ2) is 4.76. The molecule has 0 N–H and O–H groups in total. The first kappa shape index (κ1) is 13.1. The zero-order valence-corrected chi connectivity index (χ0v) is 12.0. The molecule has 1 aromatic rings. The molecule has 0 fully saturated rings. The molecule has 0 heteroatoms. The summed E-state index contributed by atoms with van der Waals surface area (Å²) in [6.45, 7) is 9.30. The molecule has 0 aliphatic heterocycles. The summed E-state index contributed by atoms with van der Waals surface area (Å²) < 4.78 is 0. The summed E-state index contributed by atoms with van der Waals surface area (Å²) in [4.78, 5) is 0. The van der Waals surface area contributed by atoms with Crippen molar-refractivity contribution in [2.75, 3.05) is 0 Å². The van der Waals surface area contributed by atoms with Crippen molar-refractivity contribution in [1.82, 2.24) is 0 Å². The van der Waals surface area contributed by atoms with Crippen LogP contribution in [0.4, 0.5) is 0 Å². The number of rotatable bonds is 3. The third-order valence-corrected chi connectivity index (χ3v) is 4.76. The highest BCUT2D eigenvalue weighted by Gasteiger charge is 2.45. The molecule has 0 spiro atoms. The zero-order chi connectivity index (χ0) is 13.2. The second-order valence-electron chi connectivity index (χ2n) is 5.92. The van der Waals surface area contributed by atoms with Crippen molar-refractivity contribution >= 4 is 0 Å². The molecule has 18 heavy (non-hydrogen) atoms. The summed E-state index contributed by atoms with van der Waals surface area (Å²) in [6, 6.07) is 11.0. The van der Waals surface area contributed by atoms with Crippen LogP contribution in [0.15, 0.2) is 54.1 Å². The molecular weight excluding hydrogens is 216 g/mol. The van der Waals surface area contributed by atoms with E-state index in [1.807, 2.05) is 0 Å². The molecular formula is C18H24. The van der Waals surface area contributed by atoms with Gasteiger partial charge in [0.25, 0.3) is 0 Å². The number of benzene rings is 1. The maximum Gasteiger partial charge on any atom is 0.0223 e. The van der Waals surface area contributed by atoms with E-state index >= 15 is 0 Å². The lowest BCUT2D eigenvalue weighted by atomic mass is 9.55. The molecule has 96 valence electrons. The van der Waals surface area contributed by atoms with Gasteiger partial charge in [0.1, 0.15) is 0 Å². The monoisotopic (exact) mass is 240 g/mol. The SMILES string of the molecule is CCCC1(c2ccccc2)C=CC=C(C)C1(C)C. The van der Waals surface area contributed by atoms with Crippen molar-refractivity contribution in [3.05, 3.63) is 59.7 Å². The molecule has 0 saturated carbocycles. The van der Waals surface area contributed by atoms with Crippen LogP contribution in [-0.4, -0.2) is 0 Å². The van der Waals surface area contributed by atoms with Gasteiger partial charge in [0.15, 0.2) is 0 Å². The maximum absolute atomic E-state index is 2.42. The van der Waals surface area contributed by atoms with Crippen LogP contribution < -0.4 is 0 Å². The van der Waals surface area contributed by atoms with Crippen molar-refractivity contribution in [3.63, 3.8) is 0 Å². The van der Waals surface area contributed by atoms with E-state index in [9.17, 15) is 0 Å². The molecule has 1 aliphatic rings. The van der Waals surface area contributed by atoms with Gasteiger partial charge in [-0.1, -0.05) is 81.3 Å². The summed E-state index contributed by atoms with van der Waals surface area (Å²) in [6.07, 6.45) is 9.32. The minimum atomic E-state index is 0.141. The molecule has 0 amide bonds. The third-order valence-electron chi connectivity index (χ3n) is 4.76. The summed E-state index contributed by atoms with van der Waals surface area (Å²) in [5.41, 5.74) is 3.24. The molecule has 1 aliphatic carbocycles. The number of hydrogen-bond donors (Lipinski definition) is 0. The average Bonchev–Trinajstić information content (AvgIpc) is 2.37. The Morgan fingerprint density at radius 1 is 1.06 bits per heavy atom. The predicted octanol–water partition coefficient (Wildman–Crippen LogP) is 5.27. The van der Waals surface area contributed by atoms with Gasteiger partial charge < -0.3 is 0 Å². The minimum absolute atomic E-state index is 0.141. The van der Waals surface area contributed by atoms with Crippen LogP contribution >= 0.6 is 0 Å². The topological polar surface area (TPSA) is 0 Å². The van der Waals surface area contributed by atoms with E-state index in [4.69, 9.17) is 0 Å². The Labute approximate surface area is 111 Å². The smallest absolute Gasteiger partial charge is 0.0223 e. The summed E-state index contributed by atoms with van der Waals surface area (Å²) in [5, 5.41) is 0. The summed E-state index contributed by atoms with van der Waals surface area (Å²) in [7, 11) is 0. The fourth-order valence-corrected chi connectivity index (χ4v) is 3.25. The van der Waals surface area contributed by atoms with Crippen LogP contribution in [0, 0.1) is 5.41 Å². The Balaban J connectivity index is 2.59. The largest absolute Gasteiger partial charge is 0.0731 e. The molecule has 0 saturated heterocycles. The van der Waals surface area contributed by atoms with E-state index in [2.05, 4.69) is 76.3 Å². The number of hydrogen-bond acceptors (Lipinski definition) is 0. The quantitative estimate of drug-likeness (QED) is 0.675. The summed E-state index contributed by atoms with van der Waals surface area (Å²) >= 11 is 0. The van der Waals surface area contributed by atoms with Crippen molar-refractivity contribution in [2.45, 2.75) is 46.0 Å². The third kappa shape index (κ3) is 1.84. The molecule has 1 atom stereocenters. The van der Waals surface area contributed by atoms with Gasteiger partial charge in [-0.2, -0.15) is 0 Å². The maximum atomic E-state index is 2.42. The second-order valence-corrected chi connectivity index (χ2v) is 5.92. The molecule has 0 nitrogen and oxygen atoms in total. The first-order valence-electron chi connectivity index (χ1n) is 6.97. The average molecular weight is 240 g/mol. The van der Waals surface area contributed by atoms with E-state index in [0.29, 0.717) is 0 Å². The summed E-state index contributed by atoms with van der Waals surface area (Å²) in [5.74, 6) is 0. The molecule has 0 bridgehead atoms. The van der Waals surface area contributed by atoms with Gasteiger partial charge in [-0.15, -0.1) is 0 Å². The van der Waals surface area contributed by atoms with Gasteiger partial charge in [0.2, 0.25) is 0 Å². The van der Waals surface area contributed by atoms with Gasteiger partial charge in [0.05, 0.1) is 0 Å². The fraction of sp³-hybridized carbons (Fsp3) is 0.444. The molecule has 0 radical (unpaired) electrons. The van der Waals surface area contributed by atoms with Crippen molar-refractivity contribution in [1.29, 1.82) is 0 Å². The molecule has 1 unspecified atom stereocenters. The van der Waals surface area contributed by atoms with E-state index in [-0.39, 0.29) is 10.8 Å². The molecule has 0 heterocycles. The van der Waals surface area contributed by atoms with Crippen LogP contribution in [0.2, 0.25) is 0 Å². The molecule has 0 aromatic heterocycles. The Kier molecular flexibility index (Phi) is 3.47. The van der Waals surface area contributed by atoms with E-state index in [0.717, 1.165) is 0 Å². The van der Waals surface area contributed by atoms with Crippen molar-refractivity contribution in [2.24, 2.45) is 5.41 Å². The highest BCUT2D eigenvalue weighted by molar-refractivity contribution is 5.43. The van der Waals surface area contributed by atoms with Crippen LogP contribution in [-0.2, 0) is 5.41 Å². The van der Waals surface area contributed by atoms with Gasteiger partial charge >= 0.3 is 0 Å². The van der Waals surface area contributed by atoms with Crippen LogP contribution in [0.5, 0.6) is 0 Å².